The van der Waals surface area contributed by atoms with E-state index in [4.69, 9.17) is 16.3 Å². The summed E-state index contributed by atoms with van der Waals surface area (Å²) in [5, 5.41) is 0.200. The quantitative estimate of drug-likeness (QED) is 0.498. The van der Waals surface area contributed by atoms with Crippen molar-refractivity contribution in [1.29, 1.82) is 0 Å². The van der Waals surface area contributed by atoms with E-state index < -0.39 is 0 Å². The zero-order chi connectivity index (χ0) is 19.6. The van der Waals surface area contributed by atoms with Gasteiger partial charge in [0, 0.05) is 10.5 Å². The molecule has 0 bridgehead atoms. The maximum atomic E-state index is 12.4. The molecule has 0 radical (unpaired) electrons. The van der Waals surface area contributed by atoms with Crippen LogP contribution in [-0.4, -0.2) is 22.1 Å². The van der Waals surface area contributed by atoms with Gasteiger partial charge >= 0.3 is 0 Å². The summed E-state index contributed by atoms with van der Waals surface area (Å²) in [5.74, 6) is 0.290. The fourth-order valence-electron chi connectivity index (χ4n) is 2.54. The molecule has 0 aromatic heterocycles. The van der Waals surface area contributed by atoms with Crippen LogP contribution in [0.25, 0.3) is 6.08 Å². The van der Waals surface area contributed by atoms with E-state index in [-0.39, 0.29) is 17.2 Å². The molecule has 1 saturated heterocycles. The first kappa shape index (κ1) is 20.0. The Labute approximate surface area is 175 Å². The molecular weight excluding hydrogens is 450 g/mol. The van der Waals surface area contributed by atoms with Gasteiger partial charge in [0.15, 0.2) is 0 Å². The van der Waals surface area contributed by atoms with Crippen LogP contribution in [0, 0.1) is 0 Å². The zero-order valence-corrected chi connectivity index (χ0v) is 17.9. The van der Waals surface area contributed by atoms with Gasteiger partial charge in [0.05, 0.1) is 9.93 Å². The monoisotopic (exact) mass is 465 g/mol. The minimum absolute atomic E-state index is 0.165. The molecule has 0 atom stereocenters. The van der Waals surface area contributed by atoms with E-state index in [0.717, 1.165) is 27.4 Å². The van der Waals surface area contributed by atoms with E-state index in [1.165, 1.54) is 4.90 Å². The van der Waals surface area contributed by atoms with Gasteiger partial charge in [0.1, 0.15) is 12.4 Å². The van der Waals surface area contributed by atoms with Crippen LogP contribution in [0.15, 0.2) is 51.8 Å². The minimum Gasteiger partial charge on any atom is -0.487 e. The van der Waals surface area contributed by atoms with E-state index in [1.807, 2.05) is 44.2 Å². The van der Waals surface area contributed by atoms with Crippen LogP contribution < -0.4 is 4.74 Å². The third-order valence-corrected chi connectivity index (χ3v) is 5.61. The molecule has 27 heavy (non-hydrogen) atoms. The van der Waals surface area contributed by atoms with Crippen LogP contribution in [-0.2, 0) is 11.4 Å². The normalized spacial score (nSPS) is 15.9. The largest absolute Gasteiger partial charge is 0.487 e. The number of carbonyl (C=O) groups is 2. The van der Waals surface area contributed by atoms with E-state index >= 15 is 0 Å². The standard InChI is InChI=1S/C20H17BrClNO3S/c1-12(2)23-19(24)18(27-20(23)25)10-14-5-8-17(16(22)9-14)26-11-13-3-6-15(21)7-4-13/h3-10,12H,11H2,1-2H3/b18-10-. The molecule has 1 aliphatic heterocycles. The molecule has 0 N–H and O–H groups in total. The lowest BCUT2D eigenvalue weighted by atomic mass is 10.2. The smallest absolute Gasteiger partial charge is 0.293 e. The molecule has 0 saturated carbocycles. The molecule has 1 fully saturated rings. The summed E-state index contributed by atoms with van der Waals surface area (Å²) in [5.41, 5.74) is 1.77. The Hall–Kier alpha value is -1.76. The lowest BCUT2D eigenvalue weighted by Gasteiger charge is -2.16. The highest BCUT2D eigenvalue weighted by atomic mass is 79.9. The summed E-state index contributed by atoms with van der Waals surface area (Å²) in [6.07, 6.45) is 1.68. The molecule has 4 nitrogen and oxygen atoms in total. The molecule has 0 aliphatic carbocycles. The van der Waals surface area contributed by atoms with Crippen LogP contribution in [0.3, 0.4) is 0 Å². The predicted octanol–water partition coefficient (Wildman–Crippen LogP) is 6.13. The summed E-state index contributed by atoms with van der Waals surface area (Å²) in [6, 6.07) is 13.0. The number of nitrogens with zero attached hydrogens (tertiary/aromatic N) is 1. The second kappa shape index (κ2) is 8.50. The Morgan fingerprint density at radius 2 is 1.89 bits per heavy atom. The topological polar surface area (TPSA) is 46.6 Å². The lowest BCUT2D eigenvalue weighted by Crippen LogP contribution is -2.34. The number of hydrogen-bond donors (Lipinski definition) is 0. The van der Waals surface area contributed by atoms with Crippen molar-refractivity contribution in [3.8, 4) is 5.75 Å². The fourth-order valence-corrected chi connectivity index (χ4v) is 4.01. The average Bonchev–Trinajstić information content (AvgIpc) is 2.89. The number of benzene rings is 2. The molecule has 3 rings (SSSR count). The lowest BCUT2D eigenvalue weighted by molar-refractivity contribution is -0.123. The van der Waals surface area contributed by atoms with Crippen molar-refractivity contribution in [3.63, 3.8) is 0 Å². The van der Waals surface area contributed by atoms with Crippen molar-refractivity contribution in [2.24, 2.45) is 0 Å². The van der Waals surface area contributed by atoms with Crippen LogP contribution >= 0.6 is 39.3 Å². The molecule has 2 aromatic carbocycles. The summed E-state index contributed by atoms with van der Waals surface area (Å²) >= 11 is 10.7. The van der Waals surface area contributed by atoms with Crippen molar-refractivity contribution in [3.05, 3.63) is 68.0 Å². The van der Waals surface area contributed by atoms with E-state index in [9.17, 15) is 9.59 Å². The molecule has 2 amide bonds. The first-order valence-electron chi connectivity index (χ1n) is 8.29. The number of rotatable bonds is 5. The van der Waals surface area contributed by atoms with Gasteiger partial charge in [-0.05, 0) is 67.1 Å². The van der Waals surface area contributed by atoms with E-state index in [1.54, 1.807) is 18.2 Å². The number of halogens is 2. The second-order valence-corrected chi connectivity index (χ2v) is 8.57. The molecular formula is C20H17BrClNO3S. The Morgan fingerprint density at radius 3 is 2.48 bits per heavy atom. The van der Waals surface area contributed by atoms with Gasteiger partial charge in [-0.3, -0.25) is 14.5 Å². The minimum atomic E-state index is -0.272. The molecule has 1 aliphatic rings. The number of amides is 2. The van der Waals surface area contributed by atoms with Gasteiger partial charge in [-0.2, -0.15) is 0 Å². The third kappa shape index (κ3) is 4.75. The second-order valence-electron chi connectivity index (χ2n) is 6.25. The maximum absolute atomic E-state index is 12.4. The highest BCUT2D eigenvalue weighted by Gasteiger charge is 2.36. The Kier molecular flexibility index (Phi) is 6.29. The Bertz CT molecular complexity index is 912. The number of ether oxygens (including phenoxy) is 1. The van der Waals surface area contributed by atoms with Gasteiger partial charge in [0.25, 0.3) is 11.1 Å². The number of thioether (sulfide) groups is 1. The molecule has 0 unspecified atom stereocenters. The van der Waals surface area contributed by atoms with Gasteiger partial charge in [-0.15, -0.1) is 0 Å². The van der Waals surface area contributed by atoms with E-state index in [2.05, 4.69) is 15.9 Å². The van der Waals surface area contributed by atoms with Gasteiger partial charge in [-0.25, -0.2) is 0 Å². The van der Waals surface area contributed by atoms with E-state index in [0.29, 0.717) is 22.3 Å². The van der Waals surface area contributed by atoms with Crippen molar-refractivity contribution >= 4 is 56.5 Å². The number of carbonyl (C=O) groups excluding carboxylic acids is 2. The first-order chi connectivity index (χ1) is 12.8. The molecule has 2 aromatic rings. The Morgan fingerprint density at radius 1 is 1.19 bits per heavy atom. The molecule has 7 heteroatoms. The highest BCUT2D eigenvalue weighted by molar-refractivity contribution is 9.10. The fraction of sp³-hybridized carbons (Fsp3) is 0.200. The predicted molar refractivity (Wildman–Crippen MR) is 113 cm³/mol. The van der Waals surface area contributed by atoms with Crippen LogP contribution in [0.5, 0.6) is 5.75 Å². The third-order valence-electron chi connectivity index (χ3n) is 3.90. The van der Waals surface area contributed by atoms with Crippen LogP contribution in [0.4, 0.5) is 4.79 Å². The van der Waals surface area contributed by atoms with Gasteiger partial charge < -0.3 is 4.74 Å². The van der Waals surface area contributed by atoms with Crippen molar-refractivity contribution in [2.45, 2.75) is 26.5 Å². The maximum Gasteiger partial charge on any atom is 0.293 e. The molecule has 0 spiro atoms. The average molecular weight is 467 g/mol. The van der Waals surface area contributed by atoms with Crippen molar-refractivity contribution in [1.82, 2.24) is 4.90 Å². The number of imide groups is 1. The molecule has 140 valence electrons. The molecule has 1 heterocycles. The Balaban J connectivity index is 1.72. The summed E-state index contributed by atoms with van der Waals surface area (Å²) < 4.78 is 6.78. The van der Waals surface area contributed by atoms with Gasteiger partial charge in [-0.1, -0.05) is 45.7 Å². The van der Waals surface area contributed by atoms with Crippen molar-refractivity contribution < 1.29 is 14.3 Å². The van der Waals surface area contributed by atoms with Gasteiger partial charge in [0.2, 0.25) is 0 Å². The summed E-state index contributed by atoms with van der Waals surface area (Å²) in [6.45, 7) is 4.03. The van der Waals surface area contributed by atoms with Crippen LogP contribution in [0.1, 0.15) is 25.0 Å². The zero-order valence-electron chi connectivity index (χ0n) is 14.7. The number of hydrogen-bond acceptors (Lipinski definition) is 4. The SMILES string of the molecule is CC(C)N1C(=O)S/C(=C\c2ccc(OCc3ccc(Br)cc3)c(Cl)c2)C1=O. The van der Waals surface area contributed by atoms with Crippen LogP contribution in [0.2, 0.25) is 5.02 Å². The summed E-state index contributed by atoms with van der Waals surface area (Å²) in [7, 11) is 0. The highest BCUT2D eigenvalue weighted by Crippen LogP contribution is 2.34. The first-order valence-corrected chi connectivity index (χ1v) is 10.3. The summed E-state index contributed by atoms with van der Waals surface area (Å²) in [4.78, 5) is 26.0. The van der Waals surface area contributed by atoms with Crippen molar-refractivity contribution in [2.75, 3.05) is 0 Å².